The van der Waals surface area contributed by atoms with Gasteiger partial charge < -0.3 is 0 Å². The quantitative estimate of drug-likeness (QED) is 0.759. The van der Waals surface area contributed by atoms with Gasteiger partial charge in [-0.05, 0) is 25.1 Å². The minimum atomic E-state index is -0.156. The van der Waals surface area contributed by atoms with Crippen molar-refractivity contribution >= 4 is 10.8 Å². The van der Waals surface area contributed by atoms with Gasteiger partial charge in [0.1, 0.15) is 0 Å². The van der Waals surface area contributed by atoms with E-state index < -0.39 is 0 Å². The molecule has 4 nitrogen and oxygen atoms in total. The minimum absolute atomic E-state index is 0.156. The maximum absolute atomic E-state index is 11.7. The number of nitrogens with one attached hydrogen (secondary N) is 1. The summed E-state index contributed by atoms with van der Waals surface area (Å²) < 4.78 is 0. The normalized spacial score (nSPS) is 10.8. The number of hydrogen-bond donors (Lipinski definition) is 1. The molecule has 1 N–H and O–H groups in total. The SMILES string of the molecule is Cc1cccc(Cc2n[nH]c(=O)c3ccccc23)n1. The van der Waals surface area contributed by atoms with Gasteiger partial charge in [0.2, 0.25) is 0 Å². The lowest BCUT2D eigenvalue weighted by molar-refractivity contribution is 0.912. The molecule has 4 heteroatoms. The van der Waals surface area contributed by atoms with E-state index >= 15 is 0 Å². The third-order valence-electron chi connectivity index (χ3n) is 3.07. The van der Waals surface area contributed by atoms with E-state index in [0.717, 1.165) is 22.5 Å². The van der Waals surface area contributed by atoms with Gasteiger partial charge >= 0.3 is 0 Å². The molecule has 0 saturated heterocycles. The number of aryl methyl sites for hydroxylation is 1. The summed E-state index contributed by atoms with van der Waals surface area (Å²) in [7, 11) is 0. The van der Waals surface area contributed by atoms with E-state index in [1.165, 1.54) is 0 Å². The smallest absolute Gasteiger partial charge is 0.267 e. The van der Waals surface area contributed by atoms with Crippen LogP contribution in [0.2, 0.25) is 0 Å². The summed E-state index contributed by atoms with van der Waals surface area (Å²) >= 11 is 0. The summed E-state index contributed by atoms with van der Waals surface area (Å²) in [4.78, 5) is 16.2. The van der Waals surface area contributed by atoms with E-state index in [1.54, 1.807) is 0 Å². The average molecular weight is 251 g/mol. The fraction of sp³-hybridized carbons (Fsp3) is 0.133. The number of benzene rings is 1. The molecule has 94 valence electrons. The number of fused-ring (bicyclic) bond motifs is 1. The molecule has 19 heavy (non-hydrogen) atoms. The number of rotatable bonds is 2. The minimum Gasteiger partial charge on any atom is -0.267 e. The molecule has 0 aliphatic rings. The van der Waals surface area contributed by atoms with Crippen LogP contribution in [0, 0.1) is 6.92 Å². The predicted molar refractivity (Wildman–Crippen MR) is 74.1 cm³/mol. The Morgan fingerprint density at radius 2 is 1.84 bits per heavy atom. The van der Waals surface area contributed by atoms with Crippen LogP contribution in [0.1, 0.15) is 17.1 Å². The van der Waals surface area contributed by atoms with Gasteiger partial charge in [0.25, 0.3) is 5.56 Å². The summed E-state index contributed by atoms with van der Waals surface area (Å²) in [6, 6.07) is 13.4. The maximum Gasteiger partial charge on any atom is 0.272 e. The molecule has 0 fully saturated rings. The van der Waals surface area contributed by atoms with Crippen molar-refractivity contribution in [3.63, 3.8) is 0 Å². The van der Waals surface area contributed by atoms with Gasteiger partial charge in [-0.3, -0.25) is 9.78 Å². The Morgan fingerprint density at radius 3 is 2.63 bits per heavy atom. The van der Waals surface area contributed by atoms with Crippen LogP contribution >= 0.6 is 0 Å². The topological polar surface area (TPSA) is 58.6 Å². The van der Waals surface area contributed by atoms with Crippen LogP contribution in [0.4, 0.5) is 0 Å². The summed E-state index contributed by atoms with van der Waals surface area (Å²) in [5, 5.41) is 8.25. The van der Waals surface area contributed by atoms with E-state index in [4.69, 9.17) is 0 Å². The molecule has 3 rings (SSSR count). The number of pyridine rings is 1. The fourth-order valence-corrected chi connectivity index (χ4v) is 2.18. The number of aromatic nitrogens is 3. The van der Waals surface area contributed by atoms with Crippen LogP contribution < -0.4 is 5.56 Å². The first-order valence-electron chi connectivity index (χ1n) is 6.13. The van der Waals surface area contributed by atoms with Gasteiger partial charge in [-0.2, -0.15) is 5.10 Å². The molecule has 0 atom stereocenters. The van der Waals surface area contributed by atoms with Crippen molar-refractivity contribution in [1.29, 1.82) is 0 Å². The highest BCUT2D eigenvalue weighted by molar-refractivity contribution is 5.83. The van der Waals surface area contributed by atoms with E-state index in [9.17, 15) is 4.79 Å². The van der Waals surface area contributed by atoms with Gasteiger partial charge in [-0.1, -0.05) is 24.3 Å². The van der Waals surface area contributed by atoms with Crippen LogP contribution in [0.25, 0.3) is 10.8 Å². The van der Waals surface area contributed by atoms with Crippen LogP contribution in [0.3, 0.4) is 0 Å². The maximum atomic E-state index is 11.7. The standard InChI is InChI=1S/C15H13N3O/c1-10-5-4-6-11(16-10)9-14-12-7-2-3-8-13(12)15(19)18-17-14/h2-8H,9H2,1H3,(H,18,19). The second-order valence-corrected chi connectivity index (χ2v) is 4.49. The molecule has 1 aromatic carbocycles. The molecule has 0 radical (unpaired) electrons. The first-order chi connectivity index (χ1) is 9.24. The summed E-state index contributed by atoms with van der Waals surface area (Å²) in [5.41, 5.74) is 2.61. The molecule has 0 spiro atoms. The second kappa shape index (κ2) is 4.65. The number of aromatic amines is 1. The van der Waals surface area contributed by atoms with Crippen molar-refractivity contribution in [3.8, 4) is 0 Å². The Balaban J connectivity index is 2.11. The molecule has 0 aliphatic carbocycles. The predicted octanol–water partition coefficient (Wildman–Crippen LogP) is 2.22. The highest BCUT2D eigenvalue weighted by Crippen LogP contribution is 2.15. The van der Waals surface area contributed by atoms with Crippen molar-refractivity contribution in [2.45, 2.75) is 13.3 Å². The van der Waals surface area contributed by atoms with Gasteiger partial charge in [0.15, 0.2) is 0 Å². The van der Waals surface area contributed by atoms with E-state index in [1.807, 2.05) is 49.4 Å². The van der Waals surface area contributed by atoms with Crippen molar-refractivity contribution in [2.24, 2.45) is 0 Å². The van der Waals surface area contributed by atoms with Gasteiger partial charge in [-0.15, -0.1) is 0 Å². The van der Waals surface area contributed by atoms with Crippen molar-refractivity contribution < 1.29 is 0 Å². The lowest BCUT2D eigenvalue weighted by atomic mass is 10.1. The van der Waals surface area contributed by atoms with Gasteiger partial charge in [0.05, 0.1) is 11.1 Å². The Kier molecular flexibility index (Phi) is 2.83. The number of nitrogens with zero attached hydrogens (tertiary/aromatic N) is 2. The van der Waals surface area contributed by atoms with E-state index in [-0.39, 0.29) is 5.56 Å². The third kappa shape index (κ3) is 2.25. The first kappa shape index (κ1) is 11.6. The molecular formula is C15H13N3O. The van der Waals surface area contributed by atoms with Gasteiger partial charge in [-0.25, -0.2) is 5.10 Å². The molecule has 2 aromatic heterocycles. The molecular weight excluding hydrogens is 238 g/mol. The lowest BCUT2D eigenvalue weighted by Gasteiger charge is -2.05. The molecule has 0 amide bonds. The highest BCUT2D eigenvalue weighted by atomic mass is 16.1. The lowest BCUT2D eigenvalue weighted by Crippen LogP contribution is -2.11. The zero-order valence-corrected chi connectivity index (χ0v) is 10.6. The van der Waals surface area contributed by atoms with Gasteiger partial charge in [0, 0.05) is 23.2 Å². The Labute approximate surface area is 110 Å². The first-order valence-corrected chi connectivity index (χ1v) is 6.13. The summed E-state index contributed by atoms with van der Waals surface area (Å²) in [5.74, 6) is 0. The fourth-order valence-electron chi connectivity index (χ4n) is 2.18. The zero-order chi connectivity index (χ0) is 13.2. The van der Waals surface area contributed by atoms with Crippen molar-refractivity contribution in [1.82, 2.24) is 15.2 Å². The molecule has 0 aliphatic heterocycles. The van der Waals surface area contributed by atoms with Crippen LogP contribution in [-0.4, -0.2) is 15.2 Å². The molecule has 3 aromatic rings. The third-order valence-corrected chi connectivity index (χ3v) is 3.07. The van der Waals surface area contributed by atoms with E-state index in [0.29, 0.717) is 11.8 Å². The number of H-pyrrole nitrogens is 1. The van der Waals surface area contributed by atoms with E-state index in [2.05, 4.69) is 15.2 Å². The number of hydrogen-bond acceptors (Lipinski definition) is 3. The summed E-state index contributed by atoms with van der Waals surface area (Å²) in [6.45, 7) is 1.96. The van der Waals surface area contributed by atoms with Crippen LogP contribution in [0.5, 0.6) is 0 Å². The molecule has 0 bridgehead atoms. The molecule has 0 unspecified atom stereocenters. The Morgan fingerprint density at radius 1 is 1.05 bits per heavy atom. The molecule has 2 heterocycles. The zero-order valence-electron chi connectivity index (χ0n) is 10.6. The Hall–Kier alpha value is -2.49. The average Bonchev–Trinajstić information content (AvgIpc) is 2.42. The summed E-state index contributed by atoms with van der Waals surface area (Å²) in [6.07, 6.45) is 0.610. The van der Waals surface area contributed by atoms with Crippen LogP contribution in [-0.2, 0) is 6.42 Å². The largest absolute Gasteiger partial charge is 0.272 e. The monoisotopic (exact) mass is 251 g/mol. The van der Waals surface area contributed by atoms with Crippen molar-refractivity contribution in [3.05, 3.63) is 69.9 Å². The van der Waals surface area contributed by atoms with Crippen LogP contribution in [0.15, 0.2) is 47.3 Å². The highest BCUT2D eigenvalue weighted by Gasteiger charge is 2.07. The Bertz CT molecular complexity index is 792. The molecule has 0 saturated carbocycles. The van der Waals surface area contributed by atoms with Crippen molar-refractivity contribution in [2.75, 3.05) is 0 Å². The second-order valence-electron chi connectivity index (χ2n) is 4.49.